The highest BCUT2D eigenvalue weighted by Gasteiger charge is 2.44. The summed E-state index contributed by atoms with van der Waals surface area (Å²) in [5.41, 5.74) is 6.26. The third-order valence-electron chi connectivity index (χ3n) is 3.50. The number of nitrogens with two attached hydrogens (primary N) is 1. The molecule has 0 aliphatic carbocycles. The van der Waals surface area contributed by atoms with Crippen molar-refractivity contribution in [2.75, 3.05) is 17.7 Å². The fourth-order valence-electron chi connectivity index (χ4n) is 2.31. The van der Waals surface area contributed by atoms with E-state index in [0.29, 0.717) is 0 Å². The highest BCUT2D eigenvalue weighted by Crippen LogP contribution is 2.37. The molecule has 0 bridgehead atoms. The fraction of sp³-hybridized carbons (Fsp3) is 0.455. The third-order valence-corrected chi connectivity index (χ3v) is 3.98. The molecule has 1 fully saturated rings. The maximum atomic E-state index is 10.7. The molecule has 4 atom stereocenters. The van der Waals surface area contributed by atoms with Crippen molar-refractivity contribution in [2.45, 2.75) is 24.5 Å². The van der Waals surface area contributed by atoms with E-state index in [1.807, 2.05) is 0 Å². The summed E-state index contributed by atoms with van der Waals surface area (Å²) in [6.45, 7) is -0.611. The Bertz CT molecular complexity index is 819. The Hall–Kier alpha value is -1.99. The second kappa shape index (κ2) is 6.72. The number of aliphatic hydroxyl groups is 2. The number of phosphoric ester groups is 1. The van der Waals surface area contributed by atoms with Gasteiger partial charge in [-0.05, 0) is 0 Å². The molecule has 14 heteroatoms. The van der Waals surface area contributed by atoms with Crippen LogP contribution in [-0.2, 0) is 13.8 Å². The average Bonchev–Trinajstić information content (AvgIpc) is 2.81. The van der Waals surface area contributed by atoms with E-state index in [1.54, 1.807) is 0 Å². The van der Waals surface area contributed by atoms with Crippen molar-refractivity contribution in [2.24, 2.45) is 0 Å². The minimum atomic E-state index is -4.73. The number of nitrogens with zero attached hydrogens (tertiary/aromatic N) is 4. The number of ether oxygens (including phenoxy) is 1. The van der Waals surface area contributed by atoms with Crippen LogP contribution < -0.4 is 11.1 Å². The maximum absolute atomic E-state index is 10.7. The Morgan fingerprint density at radius 3 is 2.56 bits per heavy atom. The number of anilines is 2. The maximum Gasteiger partial charge on any atom is 0.469 e. The van der Waals surface area contributed by atoms with Gasteiger partial charge in [0.1, 0.15) is 42.0 Å². The standard InChI is InChI=1S/C11H15N6O7P/c12-9-5-6(14-2-15-9)10(16-3-13-5)17-11-8(19)7(18)4(24-11)1-23-25(20,21)22/h2-4,7-8,11,18-19H,1H2,(H2,12,14,15)(H,13,16,17)(H2,20,21,22)/t4-,7-,8-,11-/m1/s1. The zero-order valence-corrected chi connectivity index (χ0v) is 13.4. The summed E-state index contributed by atoms with van der Waals surface area (Å²) in [4.78, 5) is 33.2. The average molecular weight is 374 g/mol. The van der Waals surface area contributed by atoms with E-state index in [4.69, 9.17) is 20.3 Å². The van der Waals surface area contributed by atoms with E-state index < -0.39 is 39.0 Å². The first-order valence-electron chi connectivity index (χ1n) is 6.95. The SMILES string of the molecule is Nc1ncnc2c(N[C@@H]3O[C@H](COP(=O)(O)O)[C@@H](O)[C@H]3O)ncnc12. The van der Waals surface area contributed by atoms with Gasteiger partial charge in [-0.3, -0.25) is 4.52 Å². The zero-order valence-electron chi connectivity index (χ0n) is 12.5. The first-order chi connectivity index (χ1) is 11.8. The van der Waals surface area contributed by atoms with Crippen molar-refractivity contribution >= 4 is 30.5 Å². The lowest BCUT2D eigenvalue weighted by atomic mass is 10.1. The van der Waals surface area contributed by atoms with Crippen LogP contribution in [0.4, 0.5) is 11.6 Å². The minimum absolute atomic E-state index is 0.135. The fourth-order valence-corrected chi connectivity index (χ4v) is 2.66. The molecule has 136 valence electrons. The first kappa shape index (κ1) is 17.8. The highest BCUT2D eigenvalue weighted by molar-refractivity contribution is 7.46. The summed E-state index contributed by atoms with van der Waals surface area (Å²) >= 11 is 0. The van der Waals surface area contributed by atoms with Crippen LogP contribution in [0.2, 0.25) is 0 Å². The van der Waals surface area contributed by atoms with E-state index in [9.17, 15) is 14.8 Å². The van der Waals surface area contributed by atoms with Gasteiger partial charge in [0, 0.05) is 0 Å². The largest absolute Gasteiger partial charge is 0.469 e. The number of fused-ring (bicyclic) bond motifs is 1. The van der Waals surface area contributed by atoms with E-state index in [0.717, 1.165) is 0 Å². The van der Waals surface area contributed by atoms with Gasteiger partial charge >= 0.3 is 7.82 Å². The third kappa shape index (κ3) is 3.82. The molecule has 0 saturated carbocycles. The Labute approximate surface area is 140 Å². The molecule has 0 amide bonds. The van der Waals surface area contributed by atoms with E-state index in [-0.39, 0.29) is 22.7 Å². The molecule has 2 aromatic rings. The Morgan fingerprint density at radius 2 is 1.84 bits per heavy atom. The predicted octanol–water partition coefficient (Wildman–Crippen LogP) is -2.03. The molecule has 3 heterocycles. The summed E-state index contributed by atoms with van der Waals surface area (Å²) in [5.74, 6) is 0.309. The van der Waals surface area contributed by atoms with Gasteiger partial charge in [-0.15, -0.1) is 0 Å². The number of nitrogens with one attached hydrogen (secondary N) is 1. The van der Waals surface area contributed by atoms with Crippen molar-refractivity contribution in [3.8, 4) is 0 Å². The van der Waals surface area contributed by atoms with Crippen molar-refractivity contribution < 1.29 is 33.8 Å². The van der Waals surface area contributed by atoms with Crippen LogP contribution in [0.5, 0.6) is 0 Å². The molecule has 1 aliphatic rings. The molecule has 2 aromatic heterocycles. The van der Waals surface area contributed by atoms with Crippen molar-refractivity contribution in [1.82, 2.24) is 19.9 Å². The molecule has 0 unspecified atom stereocenters. The van der Waals surface area contributed by atoms with Crippen molar-refractivity contribution in [1.29, 1.82) is 0 Å². The van der Waals surface area contributed by atoms with Gasteiger partial charge in [0.05, 0.1) is 6.61 Å². The van der Waals surface area contributed by atoms with E-state index in [2.05, 4.69) is 29.8 Å². The summed E-state index contributed by atoms with van der Waals surface area (Å²) in [6, 6.07) is 0. The zero-order chi connectivity index (χ0) is 18.2. The van der Waals surface area contributed by atoms with E-state index >= 15 is 0 Å². The van der Waals surface area contributed by atoms with Crippen LogP contribution in [0.1, 0.15) is 0 Å². The van der Waals surface area contributed by atoms with Crippen LogP contribution >= 0.6 is 7.82 Å². The summed E-state index contributed by atoms with van der Waals surface area (Å²) in [5, 5.41) is 22.7. The lowest BCUT2D eigenvalue weighted by Gasteiger charge is -2.17. The molecule has 13 nitrogen and oxygen atoms in total. The molecule has 3 rings (SSSR count). The smallest absolute Gasteiger partial charge is 0.387 e. The van der Waals surface area contributed by atoms with Crippen LogP contribution in [-0.4, -0.2) is 71.1 Å². The van der Waals surface area contributed by atoms with Crippen LogP contribution in [0.3, 0.4) is 0 Å². The number of rotatable bonds is 5. The normalized spacial score (nSPS) is 26.9. The lowest BCUT2D eigenvalue weighted by Crippen LogP contribution is -2.37. The second-order valence-electron chi connectivity index (χ2n) is 5.19. The monoisotopic (exact) mass is 374 g/mol. The summed E-state index contributed by atoms with van der Waals surface area (Å²) < 4.78 is 20.4. The number of hydrogen-bond donors (Lipinski definition) is 6. The molecular weight excluding hydrogens is 359 g/mol. The van der Waals surface area contributed by atoms with E-state index in [1.165, 1.54) is 12.7 Å². The molecule has 0 radical (unpaired) electrons. The minimum Gasteiger partial charge on any atom is -0.387 e. The number of aromatic nitrogens is 4. The number of phosphoric acid groups is 1. The summed E-state index contributed by atoms with van der Waals surface area (Å²) in [7, 11) is -4.73. The van der Waals surface area contributed by atoms with Gasteiger partial charge < -0.3 is 35.8 Å². The molecule has 0 spiro atoms. The number of aliphatic hydroxyl groups excluding tert-OH is 2. The van der Waals surface area contributed by atoms with Crippen LogP contribution in [0.25, 0.3) is 11.0 Å². The molecule has 1 aliphatic heterocycles. The van der Waals surface area contributed by atoms with Crippen molar-refractivity contribution in [3.05, 3.63) is 12.7 Å². The van der Waals surface area contributed by atoms with Crippen LogP contribution in [0, 0.1) is 0 Å². The topological polar surface area (TPSA) is 206 Å². The molecule has 7 N–H and O–H groups in total. The molecule has 0 aromatic carbocycles. The highest BCUT2D eigenvalue weighted by atomic mass is 31.2. The molecular formula is C11H15N6O7P. The van der Waals surface area contributed by atoms with Gasteiger partial charge in [-0.2, -0.15) is 0 Å². The Kier molecular flexibility index (Phi) is 4.79. The van der Waals surface area contributed by atoms with Gasteiger partial charge in [0.15, 0.2) is 17.9 Å². The van der Waals surface area contributed by atoms with Gasteiger partial charge in [-0.1, -0.05) is 0 Å². The van der Waals surface area contributed by atoms with Gasteiger partial charge in [0.2, 0.25) is 0 Å². The van der Waals surface area contributed by atoms with Crippen molar-refractivity contribution in [3.63, 3.8) is 0 Å². The molecule has 25 heavy (non-hydrogen) atoms. The number of hydrogen-bond acceptors (Lipinski definition) is 11. The Morgan fingerprint density at radius 1 is 1.16 bits per heavy atom. The predicted molar refractivity (Wildman–Crippen MR) is 81.8 cm³/mol. The lowest BCUT2D eigenvalue weighted by molar-refractivity contribution is -0.0151. The van der Waals surface area contributed by atoms with Gasteiger partial charge in [-0.25, -0.2) is 24.5 Å². The van der Waals surface area contributed by atoms with Gasteiger partial charge in [0.25, 0.3) is 0 Å². The Balaban J connectivity index is 1.77. The van der Waals surface area contributed by atoms with Crippen LogP contribution in [0.15, 0.2) is 12.7 Å². The quantitative estimate of drug-likeness (QED) is 0.313. The summed E-state index contributed by atoms with van der Waals surface area (Å²) in [6.07, 6.45) is -2.71. The molecule has 1 saturated heterocycles. The second-order valence-corrected chi connectivity index (χ2v) is 6.42. The number of nitrogen functional groups attached to an aromatic ring is 1. The first-order valence-corrected chi connectivity index (χ1v) is 8.48.